The Morgan fingerprint density at radius 2 is 2.00 bits per heavy atom. The average molecular weight is 251 g/mol. The Morgan fingerprint density at radius 3 is 2.61 bits per heavy atom. The maximum Gasteiger partial charge on any atom is 0.122 e. The summed E-state index contributed by atoms with van der Waals surface area (Å²) in [5, 5.41) is 12.4. The minimum atomic E-state index is 0.126. The van der Waals surface area contributed by atoms with Crippen LogP contribution in [0.15, 0.2) is 12.1 Å². The van der Waals surface area contributed by atoms with Crippen molar-refractivity contribution in [3.8, 4) is 5.75 Å². The molecule has 0 aliphatic rings. The number of nitrogens with one attached hydrogen (secondary N) is 1. The van der Waals surface area contributed by atoms with Gasteiger partial charge in [0.15, 0.2) is 0 Å². The van der Waals surface area contributed by atoms with E-state index < -0.39 is 0 Å². The third-order valence-corrected chi connectivity index (χ3v) is 3.20. The molecule has 0 saturated carbocycles. The molecule has 0 fully saturated rings. The summed E-state index contributed by atoms with van der Waals surface area (Å²) < 4.78 is 5.83. The van der Waals surface area contributed by atoms with Crippen LogP contribution in [-0.2, 0) is 0 Å². The monoisotopic (exact) mass is 251 g/mol. The fourth-order valence-electron chi connectivity index (χ4n) is 2.01. The van der Waals surface area contributed by atoms with Crippen molar-refractivity contribution < 1.29 is 9.84 Å². The summed E-state index contributed by atoms with van der Waals surface area (Å²) in [4.78, 5) is 0. The third kappa shape index (κ3) is 4.31. The number of likely N-dealkylation sites (N-methyl/N-ethyl adjacent to an activating group) is 1. The highest BCUT2D eigenvalue weighted by atomic mass is 16.5. The van der Waals surface area contributed by atoms with E-state index in [0.29, 0.717) is 6.61 Å². The second kappa shape index (κ2) is 7.39. The molecule has 0 spiro atoms. The van der Waals surface area contributed by atoms with Crippen molar-refractivity contribution >= 4 is 0 Å². The number of aliphatic hydroxyl groups is 1. The van der Waals surface area contributed by atoms with Crippen molar-refractivity contribution in [1.29, 1.82) is 0 Å². The van der Waals surface area contributed by atoms with E-state index in [1.165, 1.54) is 16.7 Å². The van der Waals surface area contributed by atoms with Gasteiger partial charge in [-0.25, -0.2) is 0 Å². The van der Waals surface area contributed by atoms with Gasteiger partial charge in [0.25, 0.3) is 0 Å². The minimum Gasteiger partial charge on any atom is -0.493 e. The Hall–Kier alpha value is -1.06. The molecule has 3 nitrogen and oxygen atoms in total. The van der Waals surface area contributed by atoms with Gasteiger partial charge < -0.3 is 15.2 Å². The quantitative estimate of drug-likeness (QED) is 0.781. The highest BCUT2D eigenvalue weighted by molar-refractivity contribution is 5.41. The van der Waals surface area contributed by atoms with E-state index in [2.05, 4.69) is 38.2 Å². The lowest BCUT2D eigenvalue weighted by molar-refractivity contribution is 0.209. The maximum atomic E-state index is 9.18. The molecule has 0 bridgehead atoms. The van der Waals surface area contributed by atoms with Gasteiger partial charge in [0.05, 0.1) is 13.2 Å². The number of hydrogen-bond acceptors (Lipinski definition) is 3. The molecule has 1 unspecified atom stereocenters. The highest BCUT2D eigenvalue weighted by Crippen LogP contribution is 2.23. The van der Waals surface area contributed by atoms with Gasteiger partial charge >= 0.3 is 0 Å². The SMILES string of the molecule is CCNC(CO)CCOc1cc(C)cc(C)c1C. The first-order valence-electron chi connectivity index (χ1n) is 6.63. The Kier molecular flexibility index (Phi) is 6.16. The lowest BCUT2D eigenvalue weighted by atomic mass is 10.1. The molecule has 1 atom stereocenters. The summed E-state index contributed by atoms with van der Waals surface area (Å²) in [6.45, 7) is 9.95. The fraction of sp³-hybridized carbons (Fsp3) is 0.600. The summed E-state index contributed by atoms with van der Waals surface area (Å²) in [6.07, 6.45) is 0.816. The molecule has 0 radical (unpaired) electrons. The first-order chi connectivity index (χ1) is 8.58. The van der Waals surface area contributed by atoms with Gasteiger partial charge in [0.1, 0.15) is 5.75 Å². The van der Waals surface area contributed by atoms with Gasteiger partial charge in [-0.3, -0.25) is 0 Å². The van der Waals surface area contributed by atoms with Crippen LogP contribution in [0.25, 0.3) is 0 Å². The molecule has 102 valence electrons. The summed E-state index contributed by atoms with van der Waals surface area (Å²) >= 11 is 0. The van der Waals surface area contributed by atoms with Crippen LogP contribution in [0.5, 0.6) is 5.75 Å². The van der Waals surface area contributed by atoms with Crippen LogP contribution in [0.3, 0.4) is 0 Å². The number of aliphatic hydroxyl groups excluding tert-OH is 1. The van der Waals surface area contributed by atoms with Gasteiger partial charge in [-0.15, -0.1) is 0 Å². The Balaban J connectivity index is 2.53. The van der Waals surface area contributed by atoms with Crippen molar-refractivity contribution in [3.63, 3.8) is 0 Å². The number of aryl methyl sites for hydroxylation is 2. The maximum absolute atomic E-state index is 9.18. The molecule has 0 amide bonds. The third-order valence-electron chi connectivity index (χ3n) is 3.20. The summed E-state index contributed by atoms with van der Waals surface area (Å²) in [7, 11) is 0. The summed E-state index contributed by atoms with van der Waals surface area (Å²) in [6, 6.07) is 4.36. The normalized spacial score (nSPS) is 12.5. The second-order valence-corrected chi connectivity index (χ2v) is 4.78. The second-order valence-electron chi connectivity index (χ2n) is 4.78. The van der Waals surface area contributed by atoms with E-state index in [1.807, 2.05) is 6.92 Å². The van der Waals surface area contributed by atoms with E-state index in [4.69, 9.17) is 4.74 Å². The molecule has 1 aromatic carbocycles. The molecule has 18 heavy (non-hydrogen) atoms. The lowest BCUT2D eigenvalue weighted by Crippen LogP contribution is -2.33. The Bertz CT molecular complexity index is 377. The molecule has 3 heteroatoms. The molecular weight excluding hydrogens is 226 g/mol. The first kappa shape index (κ1) is 15.0. The van der Waals surface area contributed by atoms with Crippen LogP contribution in [0.4, 0.5) is 0 Å². The standard InChI is InChI=1S/C15H25NO2/c1-5-16-14(10-17)6-7-18-15-9-11(2)8-12(3)13(15)4/h8-9,14,16-17H,5-7,10H2,1-4H3. The van der Waals surface area contributed by atoms with E-state index in [0.717, 1.165) is 18.7 Å². The van der Waals surface area contributed by atoms with E-state index >= 15 is 0 Å². The molecule has 1 aromatic rings. The minimum absolute atomic E-state index is 0.126. The molecule has 2 N–H and O–H groups in total. The lowest BCUT2D eigenvalue weighted by Gasteiger charge is -2.17. The van der Waals surface area contributed by atoms with Crippen LogP contribution >= 0.6 is 0 Å². The highest BCUT2D eigenvalue weighted by Gasteiger charge is 2.07. The predicted octanol–water partition coefficient (Wildman–Crippen LogP) is 2.35. The van der Waals surface area contributed by atoms with Gasteiger partial charge in [-0.05, 0) is 56.5 Å². The van der Waals surface area contributed by atoms with E-state index in [9.17, 15) is 5.11 Å². The van der Waals surface area contributed by atoms with Crippen molar-refractivity contribution in [1.82, 2.24) is 5.32 Å². The van der Waals surface area contributed by atoms with E-state index in [1.54, 1.807) is 0 Å². The number of ether oxygens (including phenoxy) is 1. The van der Waals surface area contributed by atoms with Crippen molar-refractivity contribution in [3.05, 3.63) is 28.8 Å². The molecular formula is C15H25NO2. The van der Waals surface area contributed by atoms with Crippen LogP contribution in [0, 0.1) is 20.8 Å². The molecule has 0 saturated heterocycles. The van der Waals surface area contributed by atoms with Crippen LogP contribution in [0.2, 0.25) is 0 Å². The average Bonchev–Trinajstić information content (AvgIpc) is 2.33. The number of rotatable bonds is 7. The zero-order valence-corrected chi connectivity index (χ0v) is 11.9. The molecule has 0 aliphatic heterocycles. The summed E-state index contributed by atoms with van der Waals surface area (Å²) in [5.74, 6) is 0.959. The van der Waals surface area contributed by atoms with Crippen LogP contribution in [-0.4, -0.2) is 30.9 Å². The molecule has 0 aromatic heterocycles. The Morgan fingerprint density at radius 1 is 1.28 bits per heavy atom. The van der Waals surface area contributed by atoms with Crippen LogP contribution in [0.1, 0.15) is 30.0 Å². The topological polar surface area (TPSA) is 41.5 Å². The number of hydrogen-bond donors (Lipinski definition) is 2. The zero-order chi connectivity index (χ0) is 13.5. The smallest absolute Gasteiger partial charge is 0.122 e. The zero-order valence-electron chi connectivity index (χ0n) is 11.9. The molecule has 1 rings (SSSR count). The van der Waals surface area contributed by atoms with Crippen molar-refractivity contribution in [2.75, 3.05) is 19.8 Å². The summed E-state index contributed by atoms with van der Waals surface area (Å²) in [5.41, 5.74) is 3.68. The van der Waals surface area contributed by atoms with E-state index in [-0.39, 0.29) is 12.6 Å². The molecule has 0 heterocycles. The fourth-order valence-corrected chi connectivity index (χ4v) is 2.01. The predicted molar refractivity (Wildman–Crippen MR) is 75.3 cm³/mol. The number of benzene rings is 1. The van der Waals surface area contributed by atoms with Crippen molar-refractivity contribution in [2.24, 2.45) is 0 Å². The van der Waals surface area contributed by atoms with Gasteiger partial charge in [-0.2, -0.15) is 0 Å². The largest absolute Gasteiger partial charge is 0.493 e. The first-order valence-corrected chi connectivity index (χ1v) is 6.63. The van der Waals surface area contributed by atoms with Gasteiger partial charge in [-0.1, -0.05) is 13.0 Å². The van der Waals surface area contributed by atoms with Crippen LogP contribution < -0.4 is 10.1 Å². The van der Waals surface area contributed by atoms with Gasteiger partial charge in [0, 0.05) is 6.04 Å². The van der Waals surface area contributed by atoms with Crippen molar-refractivity contribution in [2.45, 2.75) is 40.2 Å². The van der Waals surface area contributed by atoms with Gasteiger partial charge in [0.2, 0.25) is 0 Å². The Labute approximate surface area is 110 Å². The molecule has 0 aliphatic carbocycles.